The molecule has 1 N–H and O–H groups in total. The summed E-state index contributed by atoms with van der Waals surface area (Å²) in [7, 11) is 0. The molecule has 2 heterocycles. The van der Waals surface area contributed by atoms with Gasteiger partial charge in [0.25, 0.3) is 0 Å². The van der Waals surface area contributed by atoms with Crippen molar-refractivity contribution in [1.29, 1.82) is 0 Å². The van der Waals surface area contributed by atoms with E-state index in [1.807, 2.05) is 44.3 Å². The number of hydrogen-bond donors (Lipinski definition) is 1. The van der Waals surface area contributed by atoms with E-state index in [0.29, 0.717) is 16.9 Å². The van der Waals surface area contributed by atoms with Gasteiger partial charge in [0.05, 0.1) is 12.6 Å². The molecule has 0 aliphatic heterocycles. The van der Waals surface area contributed by atoms with Crippen LogP contribution in [0.2, 0.25) is 10.3 Å². The second-order valence-electron chi connectivity index (χ2n) is 5.68. The zero-order valence-electron chi connectivity index (χ0n) is 13.8. The van der Waals surface area contributed by atoms with Crippen LogP contribution in [0.4, 0.5) is 5.69 Å². The molecule has 0 atom stereocenters. The lowest BCUT2D eigenvalue weighted by molar-refractivity contribution is 0.242. The lowest BCUT2D eigenvalue weighted by Gasteiger charge is -2.09. The Kier molecular flexibility index (Phi) is 5.78. The van der Waals surface area contributed by atoms with Crippen LogP contribution in [0.5, 0.6) is 5.75 Å². The maximum Gasteiger partial charge on any atom is 0.132 e. The molecule has 7 heteroatoms. The number of hydrogen-bond acceptors (Lipinski definition) is 5. The first-order valence-electron chi connectivity index (χ1n) is 7.78. The van der Waals surface area contributed by atoms with Crippen LogP contribution in [0.15, 0.2) is 42.6 Å². The van der Waals surface area contributed by atoms with Gasteiger partial charge in [0.2, 0.25) is 0 Å². The zero-order chi connectivity index (χ0) is 17.8. The Hall–Kier alpha value is -1.82. The van der Waals surface area contributed by atoms with Gasteiger partial charge in [0, 0.05) is 22.3 Å². The molecule has 0 spiro atoms. The highest BCUT2D eigenvalue weighted by Gasteiger charge is 2.07. The monoisotopic (exact) mass is 393 g/mol. The van der Waals surface area contributed by atoms with Crippen LogP contribution in [0.1, 0.15) is 18.7 Å². The Labute approximate surface area is 160 Å². The zero-order valence-corrected chi connectivity index (χ0v) is 16.1. The second-order valence-corrected chi connectivity index (χ2v) is 7.57. The Morgan fingerprint density at radius 3 is 2.44 bits per heavy atom. The molecule has 0 aliphatic carbocycles. The molecular formula is C18H17Cl2N3OS. The number of ether oxygens (including phenoxy) is 1. The molecule has 1 aromatic carbocycles. The predicted octanol–water partition coefficient (Wildman–Crippen LogP) is 5.91. The van der Waals surface area contributed by atoms with Crippen LogP contribution >= 0.6 is 34.5 Å². The van der Waals surface area contributed by atoms with Gasteiger partial charge in [0.1, 0.15) is 21.1 Å². The van der Waals surface area contributed by atoms with Gasteiger partial charge in [-0.15, -0.1) is 11.3 Å². The molecule has 4 nitrogen and oxygen atoms in total. The molecule has 130 valence electrons. The highest BCUT2D eigenvalue weighted by Crippen LogP contribution is 2.28. The van der Waals surface area contributed by atoms with Gasteiger partial charge in [-0.2, -0.15) is 0 Å². The number of aromatic nitrogens is 2. The van der Waals surface area contributed by atoms with Gasteiger partial charge in [-0.25, -0.2) is 9.97 Å². The molecule has 0 saturated carbocycles. The summed E-state index contributed by atoms with van der Waals surface area (Å²) >= 11 is 13.4. The largest absolute Gasteiger partial charge is 0.491 e. The number of pyridine rings is 1. The summed E-state index contributed by atoms with van der Waals surface area (Å²) in [6.45, 7) is 4.66. The number of nitrogens with one attached hydrogen (secondary N) is 1. The molecular weight excluding hydrogens is 377 g/mol. The van der Waals surface area contributed by atoms with Crippen LogP contribution in [0.3, 0.4) is 0 Å². The third kappa shape index (κ3) is 5.08. The van der Waals surface area contributed by atoms with E-state index in [2.05, 4.69) is 15.3 Å². The van der Waals surface area contributed by atoms with E-state index in [1.54, 1.807) is 23.5 Å². The van der Waals surface area contributed by atoms with E-state index >= 15 is 0 Å². The highest BCUT2D eigenvalue weighted by molar-refractivity contribution is 7.15. The smallest absolute Gasteiger partial charge is 0.132 e. The molecule has 3 aromatic rings. The third-order valence-electron chi connectivity index (χ3n) is 3.26. The summed E-state index contributed by atoms with van der Waals surface area (Å²) in [4.78, 5) is 9.54. The van der Waals surface area contributed by atoms with Crippen LogP contribution in [-0.4, -0.2) is 16.1 Å². The second kappa shape index (κ2) is 8.04. The molecule has 0 unspecified atom stereocenters. The molecule has 2 aromatic heterocycles. The van der Waals surface area contributed by atoms with E-state index in [4.69, 9.17) is 27.9 Å². The summed E-state index contributed by atoms with van der Waals surface area (Å²) < 4.78 is 5.66. The van der Waals surface area contributed by atoms with Gasteiger partial charge in [-0.3, -0.25) is 0 Å². The maximum atomic E-state index is 5.90. The number of halogens is 2. The number of rotatable bonds is 6. The van der Waals surface area contributed by atoms with E-state index in [-0.39, 0.29) is 6.10 Å². The fourth-order valence-corrected chi connectivity index (χ4v) is 3.54. The first-order valence-corrected chi connectivity index (χ1v) is 9.35. The lowest BCUT2D eigenvalue weighted by Crippen LogP contribution is -2.05. The quantitative estimate of drug-likeness (QED) is 0.528. The molecule has 0 bridgehead atoms. The highest BCUT2D eigenvalue weighted by atomic mass is 35.5. The number of thiazole rings is 1. The minimum absolute atomic E-state index is 0.165. The summed E-state index contributed by atoms with van der Waals surface area (Å²) in [5.74, 6) is 0.864. The SMILES string of the molecule is CC(C)Oc1ccc(-c2ncc(CNc3cc(Cl)nc(Cl)c3)s2)cc1. The molecule has 0 saturated heterocycles. The fourth-order valence-electron chi connectivity index (χ4n) is 2.23. The van der Waals surface area contributed by atoms with Crippen molar-refractivity contribution in [3.63, 3.8) is 0 Å². The maximum absolute atomic E-state index is 5.90. The summed E-state index contributed by atoms with van der Waals surface area (Å²) in [5, 5.41) is 4.98. The predicted molar refractivity (Wildman–Crippen MR) is 105 cm³/mol. The topological polar surface area (TPSA) is 47.0 Å². The van der Waals surface area contributed by atoms with Crippen molar-refractivity contribution >= 4 is 40.2 Å². The normalized spacial score (nSPS) is 10.9. The third-order valence-corrected chi connectivity index (χ3v) is 4.69. The molecule has 0 aliphatic rings. The van der Waals surface area contributed by atoms with Gasteiger partial charge in [-0.05, 0) is 50.2 Å². The average molecular weight is 394 g/mol. The molecule has 0 radical (unpaired) electrons. The first-order chi connectivity index (χ1) is 12.0. The van der Waals surface area contributed by atoms with Crippen molar-refractivity contribution < 1.29 is 4.74 Å². The van der Waals surface area contributed by atoms with E-state index in [0.717, 1.165) is 26.9 Å². The molecule has 3 rings (SSSR count). The van der Waals surface area contributed by atoms with Crippen molar-refractivity contribution in [1.82, 2.24) is 9.97 Å². The van der Waals surface area contributed by atoms with E-state index in [1.165, 1.54) is 0 Å². The summed E-state index contributed by atoms with van der Waals surface area (Å²) in [6, 6.07) is 11.5. The van der Waals surface area contributed by atoms with Crippen molar-refractivity contribution in [2.45, 2.75) is 26.5 Å². The van der Waals surface area contributed by atoms with E-state index in [9.17, 15) is 0 Å². The average Bonchev–Trinajstić information content (AvgIpc) is 3.01. The molecule has 0 fully saturated rings. The fraction of sp³-hybridized carbons (Fsp3) is 0.222. The molecule has 25 heavy (non-hydrogen) atoms. The van der Waals surface area contributed by atoms with Crippen molar-refractivity contribution in [2.24, 2.45) is 0 Å². The Bertz CT molecular complexity index is 830. The van der Waals surface area contributed by atoms with Crippen LogP contribution in [0, 0.1) is 0 Å². The Morgan fingerprint density at radius 1 is 1.12 bits per heavy atom. The van der Waals surface area contributed by atoms with Gasteiger partial charge >= 0.3 is 0 Å². The van der Waals surface area contributed by atoms with Crippen molar-refractivity contribution in [3.8, 4) is 16.3 Å². The van der Waals surface area contributed by atoms with Crippen LogP contribution in [0.25, 0.3) is 10.6 Å². The summed E-state index contributed by atoms with van der Waals surface area (Å²) in [6.07, 6.45) is 2.04. The number of anilines is 1. The Balaban J connectivity index is 1.65. The number of benzene rings is 1. The van der Waals surface area contributed by atoms with Crippen molar-refractivity contribution in [3.05, 3.63) is 57.8 Å². The van der Waals surface area contributed by atoms with Gasteiger partial charge < -0.3 is 10.1 Å². The molecule has 0 amide bonds. The standard InChI is InChI=1S/C18H17Cl2N3OS/c1-11(2)24-14-5-3-12(4-6-14)18-22-10-15(25-18)9-21-13-7-16(19)23-17(20)8-13/h3-8,10-11H,9H2,1-2H3,(H,21,23). The van der Waals surface area contributed by atoms with Gasteiger partial charge in [-0.1, -0.05) is 23.2 Å². The lowest BCUT2D eigenvalue weighted by atomic mass is 10.2. The van der Waals surface area contributed by atoms with Gasteiger partial charge in [0.15, 0.2) is 0 Å². The van der Waals surface area contributed by atoms with Crippen LogP contribution in [-0.2, 0) is 6.54 Å². The Morgan fingerprint density at radius 2 is 1.80 bits per heavy atom. The van der Waals surface area contributed by atoms with Crippen LogP contribution < -0.4 is 10.1 Å². The van der Waals surface area contributed by atoms with E-state index < -0.39 is 0 Å². The first kappa shape index (κ1) is 18.0. The summed E-state index contributed by atoms with van der Waals surface area (Å²) in [5.41, 5.74) is 1.90. The minimum atomic E-state index is 0.165. The minimum Gasteiger partial charge on any atom is -0.491 e. The number of nitrogens with zero attached hydrogens (tertiary/aromatic N) is 2. The van der Waals surface area contributed by atoms with Crippen molar-refractivity contribution in [2.75, 3.05) is 5.32 Å².